The first-order valence-electron chi connectivity index (χ1n) is 8.62. The van der Waals surface area contributed by atoms with E-state index in [1.165, 1.54) is 6.07 Å². The first kappa shape index (κ1) is 17.5. The Bertz CT molecular complexity index is 890. The molecule has 1 saturated heterocycles. The Balaban J connectivity index is 1.38. The van der Waals surface area contributed by atoms with Crippen molar-refractivity contribution >= 4 is 28.6 Å². The van der Waals surface area contributed by atoms with Gasteiger partial charge in [-0.3, -0.25) is 4.90 Å². The molecular formula is C20H19ClFN3S. The number of hydrogen-bond acceptors (Lipinski definition) is 4. The number of halogens is 2. The summed E-state index contributed by atoms with van der Waals surface area (Å²) in [4.78, 5) is 9.22. The molecule has 0 spiro atoms. The maximum Gasteiger partial charge on any atom is 0.146 e. The van der Waals surface area contributed by atoms with Gasteiger partial charge in [-0.25, -0.2) is 9.37 Å². The molecule has 3 aromatic rings. The fourth-order valence-corrected chi connectivity index (χ4v) is 4.35. The lowest BCUT2D eigenvalue weighted by Gasteiger charge is -2.35. The molecule has 0 aliphatic carbocycles. The first-order valence-corrected chi connectivity index (χ1v) is 9.87. The predicted molar refractivity (Wildman–Crippen MR) is 106 cm³/mol. The van der Waals surface area contributed by atoms with Gasteiger partial charge < -0.3 is 4.90 Å². The van der Waals surface area contributed by atoms with Crippen molar-refractivity contribution in [2.45, 2.75) is 6.54 Å². The summed E-state index contributed by atoms with van der Waals surface area (Å²) >= 11 is 7.89. The van der Waals surface area contributed by atoms with Crippen LogP contribution in [0.1, 0.15) is 5.69 Å². The van der Waals surface area contributed by atoms with Crippen molar-refractivity contribution in [3.05, 3.63) is 70.4 Å². The zero-order valence-electron chi connectivity index (χ0n) is 14.2. The summed E-state index contributed by atoms with van der Waals surface area (Å²) in [7, 11) is 0. The van der Waals surface area contributed by atoms with Crippen LogP contribution in [0.3, 0.4) is 0 Å². The van der Waals surface area contributed by atoms with Crippen LogP contribution in [0, 0.1) is 5.82 Å². The van der Waals surface area contributed by atoms with E-state index < -0.39 is 0 Å². The summed E-state index contributed by atoms with van der Waals surface area (Å²) in [5.41, 5.74) is 2.74. The van der Waals surface area contributed by atoms with Gasteiger partial charge in [0.15, 0.2) is 0 Å². The van der Waals surface area contributed by atoms with Gasteiger partial charge in [0, 0.05) is 43.7 Å². The monoisotopic (exact) mass is 387 g/mol. The van der Waals surface area contributed by atoms with E-state index in [1.807, 2.05) is 36.4 Å². The number of rotatable bonds is 4. The van der Waals surface area contributed by atoms with Gasteiger partial charge in [-0.1, -0.05) is 41.9 Å². The highest BCUT2D eigenvalue weighted by atomic mass is 35.5. The Hall–Kier alpha value is -1.95. The molecule has 1 aliphatic heterocycles. The van der Waals surface area contributed by atoms with Gasteiger partial charge in [0.25, 0.3) is 0 Å². The fraction of sp³-hybridized carbons (Fsp3) is 0.250. The molecule has 0 saturated carbocycles. The third-order valence-electron chi connectivity index (χ3n) is 4.61. The molecule has 4 rings (SSSR count). The number of thiazole rings is 1. The average Bonchev–Trinajstić information content (AvgIpc) is 3.11. The second-order valence-electron chi connectivity index (χ2n) is 6.34. The third kappa shape index (κ3) is 3.75. The molecule has 1 fully saturated rings. The lowest BCUT2D eigenvalue weighted by molar-refractivity contribution is 0.247. The summed E-state index contributed by atoms with van der Waals surface area (Å²) in [5, 5.41) is 3.78. The zero-order chi connectivity index (χ0) is 17.9. The van der Waals surface area contributed by atoms with Crippen LogP contribution in [0.25, 0.3) is 10.6 Å². The van der Waals surface area contributed by atoms with Crippen LogP contribution in [0.15, 0.2) is 53.9 Å². The van der Waals surface area contributed by atoms with Crippen molar-refractivity contribution in [3.63, 3.8) is 0 Å². The molecular weight excluding hydrogens is 369 g/mol. The maximum absolute atomic E-state index is 13.9. The fourth-order valence-electron chi connectivity index (χ4n) is 3.22. The molecule has 6 heteroatoms. The van der Waals surface area contributed by atoms with Crippen molar-refractivity contribution in [1.29, 1.82) is 0 Å². The number of nitrogens with zero attached hydrogens (tertiary/aromatic N) is 3. The lowest BCUT2D eigenvalue weighted by Crippen LogP contribution is -2.46. The van der Waals surface area contributed by atoms with E-state index in [2.05, 4.69) is 15.2 Å². The molecule has 26 heavy (non-hydrogen) atoms. The van der Waals surface area contributed by atoms with E-state index in [0.717, 1.165) is 54.0 Å². The van der Waals surface area contributed by atoms with Crippen molar-refractivity contribution in [2.24, 2.45) is 0 Å². The second-order valence-corrected chi connectivity index (χ2v) is 7.60. The lowest BCUT2D eigenvalue weighted by atomic mass is 10.2. The smallest absolute Gasteiger partial charge is 0.146 e. The van der Waals surface area contributed by atoms with Gasteiger partial charge in [-0.15, -0.1) is 11.3 Å². The SMILES string of the molecule is Fc1ccccc1N1CCN(Cc2csc(-c3ccccc3Cl)n2)CC1. The van der Waals surface area contributed by atoms with Crippen molar-refractivity contribution in [1.82, 2.24) is 9.88 Å². The van der Waals surface area contributed by atoms with Crippen LogP contribution in [0.5, 0.6) is 0 Å². The molecule has 2 heterocycles. The molecule has 0 bridgehead atoms. The molecule has 1 aromatic heterocycles. The number of hydrogen-bond donors (Lipinski definition) is 0. The van der Waals surface area contributed by atoms with Gasteiger partial charge in [0.1, 0.15) is 10.8 Å². The minimum absolute atomic E-state index is 0.148. The van der Waals surface area contributed by atoms with Crippen LogP contribution in [-0.2, 0) is 6.54 Å². The molecule has 0 atom stereocenters. The Labute approximate surface area is 161 Å². The Kier molecular flexibility index (Phi) is 5.20. The average molecular weight is 388 g/mol. The molecule has 1 aliphatic rings. The Morgan fingerprint density at radius 1 is 1.00 bits per heavy atom. The summed E-state index contributed by atoms with van der Waals surface area (Å²) in [5.74, 6) is -0.148. The Morgan fingerprint density at radius 2 is 1.73 bits per heavy atom. The highest BCUT2D eigenvalue weighted by Crippen LogP contribution is 2.30. The third-order valence-corrected chi connectivity index (χ3v) is 5.86. The Morgan fingerprint density at radius 3 is 2.50 bits per heavy atom. The van der Waals surface area contributed by atoms with E-state index in [1.54, 1.807) is 17.4 Å². The highest BCUT2D eigenvalue weighted by molar-refractivity contribution is 7.13. The van der Waals surface area contributed by atoms with E-state index in [9.17, 15) is 4.39 Å². The summed E-state index contributed by atoms with van der Waals surface area (Å²) in [6, 6.07) is 14.8. The van der Waals surface area contributed by atoms with Crippen LogP contribution in [0.2, 0.25) is 5.02 Å². The van der Waals surface area contributed by atoms with E-state index in [4.69, 9.17) is 16.6 Å². The number of piperazine rings is 1. The normalized spacial score (nSPS) is 15.4. The summed E-state index contributed by atoms with van der Waals surface area (Å²) in [6.07, 6.45) is 0. The van der Waals surface area contributed by atoms with E-state index >= 15 is 0 Å². The maximum atomic E-state index is 13.9. The van der Waals surface area contributed by atoms with Crippen LogP contribution < -0.4 is 4.90 Å². The zero-order valence-corrected chi connectivity index (χ0v) is 15.8. The van der Waals surface area contributed by atoms with Gasteiger partial charge in [0.05, 0.1) is 16.4 Å². The largest absolute Gasteiger partial charge is 0.367 e. The van der Waals surface area contributed by atoms with Crippen molar-refractivity contribution in [3.8, 4) is 10.6 Å². The molecule has 3 nitrogen and oxygen atoms in total. The predicted octanol–water partition coefficient (Wildman–Crippen LogP) is 4.92. The minimum Gasteiger partial charge on any atom is -0.367 e. The van der Waals surface area contributed by atoms with Gasteiger partial charge in [-0.05, 0) is 18.2 Å². The number of para-hydroxylation sites is 1. The molecule has 0 N–H and O–H groups in total. The number of aromatic nitrogens is 1. The van der Waals surface area contributed by atoms with Gasteiger partial charge >= 0.3 is 0 Å². The van der Waals surface area contributed by atoms with Crippen LogP contribution in [0.4, 0.5) is 10.1 Å². The van der Waals surface area contributed by atoms with E-state index in [-0.39, 0.29) is 5.82 Å². The van der Waals surface area contributed by atoms with Gasteiger partial charge in [-0.2, -0.15) is 0 Å². The molecule has 0 amide bonds. The highest BCUT2D eigenvalue weighted by Gasteiger charge is 2.20. The molecule has 134 valence electrons. The topological polar surface area (TPSA) is 19.4 Å². The number of anilines is 1. The van der Waals surface area contributed by atoms with Gasteiger partial charge in [0.2, 0.25) is 0 Å². The van der Waals surface area contributed by atoms with Crippen LogP contribution >= 0.6 is 22.9 Å². The first-order chi connectivity index (χ1) is 12.7. The quantitative estimate of drug-likeness (QED) is 0.633. The minimum atomic E-state index is -0.148. The standard InChI is InChI=1S/C20H19ClFN3S/c21-17-6-2-1-5-16(17)20-23-15(14-26-20)13-24-9-11-25(12-10-24)19-8-4-3-7-18(19)22/h1-8,14H,9-13H2. The molecule has 2 aromatic carbocycles. The molecule has 0 unspecified atom stereocenters. The summed E-state index contributed by atoms with van der Waals surface area (Å²) in [6.45, 7) is 4.25. The summed E-state index contributed by atoms with van der Waals surface area (Å²) < 4.78 is 13.9. The van der Waals surface area contributed by atoms with E-state index in [0.29, 0.717) is 5.69 Å². The van der Waals surface area contributed by atoms with Crippen molar-refractivity contribution in [2.75, 3.05) is 31.1 Å². The molecule has 0 radical (unpaired) electrons. The van der Waals surface area contributed by atoms with Crippen molar-refractivity contribution < 1.29 is 4.39 Å². The number of benzene rings is 2. The van der Waals surface area contributed by atoms with Crippen LogP contribution in [-0.4, -0.2) is 36.1 Å². The second kappa shape index (κ2) is 7.74.